The molecule has 2 aromatic rings. The normalized spacial score (nSPS) is 22.0. The monoisotopic (exact) mass is 227 g/mol. The molecule has 0 radical (unpaired) electrons. The maximum absolute atomic E-state index is 14.0. The molecule has 1 N–H and O–H groups in total. The topological polar surface area (TPSA) is 12.0 Å². The first-order valence-electron chi connectivity index (χ1n) is 5.80. The van der Waals surface area contributed by atoms with Gasteiger partial charge in [0.05, 0.1) is 0 Å². The summed E-state index contributed by atoms with van der Waals surface area (Å²) in [5, 5.41) is 3.35. The molecule has 0 amide bonds. The van der Waals surface area contributed by atoms with E-state index in [1.54, 1.807) is 6.07 Å². The molecule has 1 heterocycles. The maximum atomic E-state index is 14.0. The Balaban J connectivity index is 2.19. The fourth-order valence-electron chi connectivity index (χ4n) is 2.63. The Labute approximate surface area is 100 Å². The van der Waals surface area contributed by atoms with Crippen molar-refractivity contribution in [3.63, 3.8) is 0 Å². The van der Waals surface area contributed by atoms with Crippen molar-refractivity contribution in [3.8, 4) is 0 Å². The van der Waals surface area contributed by atoms with E-state index in [9.17, 15) is 4.39 Å². The number of halogens is 1. The van der Waals surface area contributed by atoms with Crippen molar-refractivity contribution < 1.29 is 4.39 Å². The van der Waals surface area contributed by atoms with Gasteiger partial charge in [0.2, 0.25) is 0 Å². The van der Waals surface area contributed by atoms with Gasteiger partial charge in [-0.3, -0.25) is 0 Å². The van der Waals surface area contributed by atoms with E-state index in [-0.39, 0.29) is 11.2 Å². The van der Waals surface area contributed by atoms with E-state index in [0.29, 0.717) is 0 Å². The summed E-state index contributed by atoms with van der Waals surface area (Å²) in [5.41, 5.74) is 2.77. The Morgan fingerprint density at radius 3 is 2.41 bits per heavy atom. The molecule has 86 valence electrons. The Morgan fingerprint density at radius 2 is 1.65 bits per heavy atom. The smallest absolute Gasteiger partial charge is 0.127 e. The largest absolute Gasteiger partial charge is 0.384 e. The van der Waals surface area contributed by atoms with Crippen molar-refractivity contribution in [2.75, 3.05) is 11.9 Å². The van der Waals surface area contributed by atoms with Gasteiger partial charge in [-0.15, -0.1) is 0 Å². The van der Waals surface area contributed by atoms with Crippen LogP contribution in [0.1, 0.15) is 18.1 Å². The standard InChI is InChI=1S/C15H14FN/c1-15(11-6-2-4-8-13(11)16)10-17-14-9-5-3-7-12(14)15/h2-9,17H,10H2,1H3. The van der Waals surface area contributed by atoms with Gasteiger partial charge in [-0.25, -0.2) is 4.39 Å². The molecule has 2 aromatic carbocycles. The molecule has 0 saturated carbocycles. The van der Waals surface area contributed by atoms with Crippen LogP contribution in [0.15, 0.2) is 48.5 Å². The summed E-state index contributed by atoms with van der Waals surface area (Å²) in [4.78, 5) is 0. The number of rotatable bonds is 1. The number of benzene rings is 2. The third kappa shape index (κ3) is 1.44. The highest BCUT2D eigenvalue weighted by Crippen LogP contribution is 2.42. The second-order valence-corrected chi connectivity index (χ2v) is 4.71. The zero-order valence-corrected chi connectivity index (χ0v) is 9.70. The lowest BCUT2D eigenvalue weighted by Gasteiger charge is -2.25. The highest BCUT2D eigenvalue weighted by molar-refractivity contribution is 5.63. The average molecular weight is 227 g/mol. The predicted molar refractivity (Wildman–Crippen MR) is 67.8 cm³/mol. The average Bonchev–Trinajstić information content (AvgIpc) is 2.70. The van der Waals surface area contributed by atoms with Gasteiger partial charge in [0, 0.05) is 17.6 Å². The molecule has 0 fully saturated rings. The number of nitrogens with one attached hydrogen (secondary N) is 1. The van der Waals surface area contributed by atoms with Crippen LogP contribution in [0.3, 0.4) is 0 Å². The van der Waals surface area contributed by atoms with Gasteiger partial charge < -0.3 is 5.32 Å². The molecular formula is C15H14FN. The fourth-order valence-corrected chi connectivity index (χ4v) is 2.63. The van der Waals surface area contributed by atoms with E-state index in [1.807, 2.05) is 30.3 Å². The molecule has 1 atom stereocenters. The Morgan fingerprint density at radius 1 is 1.00 bits per heavy atom. The molecule has 0 bridgehead atoms. The number of hydrogen-bond donors (Lipinski definition) is 1. The van der Waals surface area contributed by atoms with E-state index in [4.69, 9.17) is 0 Å². The van der Waals surface area contributed by atoms with Crippen molar-refractivity contribution in [2.45, 2.75) is 12.3 Å². The second kappa shape index (κ2) is 3.59. The summed E-state index contributed by atoms with van der Waals surface area (Å²) >= 11 is 0. The number of fused-ring (bicyclic) bond motifs is 1. The minimum Gasteiger partial charge on any atom is -0.384 e. The second-order valence-electron chi connectivity index (χ2n) is 4.71. The van der Waals surface area contributed by atoms with Crippen LogP contribution in [0.2, 0.25) is 0 Å². The van der Waals surface area contributed by atoms with Gasteiger partial charge in [0.25, 0.3) is 0 Å². The van der Waals surface area contributed by atoms with Crippen molar-refractivity contribution in [1.82, 2.24) is 0 Å². The van der Waals surface area contributed by atoms with Crippen LogP contribution in [0.25, 0.3) is 0 Å². The number of hydrogen-bond acceptors (Lipinski definition) is 1. The highest BCUT2D eigenvalue weighted by atomic mass is 19.1. The van der Waals surface area contributed by atoms with E-state index >= 15 is 0 Å². The molecule has 1 unspecified atom stereocenters. The number of anilines is 1. The van der Waals surface area contributed by atoms with Crippen LogP contribution >= 0.6 is 0 Å². The SMILES string of the molecule is CC1(c2ccccc2F)CNc2ccccc21. The molecular weight excluding hydrogens is 213 g/mol. The summed E-state index contributed by atoms with van der Waals surface area (Å²) in [6, 6.07) is 15.1. The minimum atomic E-state index is -0.276. The lowest BCUT2D eigenvalue weighted by Crippen LogP contribution is -2.27. The van der Waals surface area contributed by atoms with Crippen molar-refractivity contribution in [1.29, 1.82) is 0 Å². The fraction of sp³-hybridized carbons (Fsp3) is 0.200. The molecule has 1 nitrogen and oxygen atoms in total. The molecule has 0 saturated heterocycles. The Kier molecular flexibility index (Phi) is 2.18. The molecule has 1 aliphatic heterocycles. The summed E-state index contributed by atoms with van der Waals surface area (Å²) in [5.74, 6) is -0.131. The molecule has 17 heavy (non-hydrogen) atoms. The first kappa shape index (κ1) is 10.3. The van der Waals surface area contributed by atoms with E-state index in [2.05, 4.69) is 18.3 Å². The molecule has 0 aromatic heterocycles. The van der Waals surface area contributed by atoms with Crippen LogP contribution in [0.5, 0.6) is 0 Å². The van der Waals surface area contributed by atoms with Crippen LogP contribution in [-0.2, 0) is 5.41 Å². The van der Waals surface area contributed by atoms with E-state index < -0.39 is 0 Å². The lowest BCUT2D eigenvalue weighted by molar-refractivity contribution is 0.547. The van der Waals surface area contributed by atoms with Gasteiger partial charge in [0.1, 0.15) is 5.82 Å². The summed E-state index contributed by atoms with van der Waals surface area (Å²) in [6.07, 6.45) is 0. The quantitative estimate of drug-likeness (QED) is 0.785. The van der Waals surface area contributed by atoms with Crippen LogP contribution in [-0.4, -0.2) is 6.54 Å². The van der Waals surface area contributed by atoms with Gasteiger partial charge in [-0.05, 0) is 30.2 Å². The summed E-state index contributed by atoms with van der Waals surface area (Å²) in [7, 11) is 0. The maximum Gasteiger partial charge on any atom is 0.127 e. The minimum absolute atomic E-state index is 0.131. The van der Waals surface area contributed by atoms with Crippen LogP contribution in [0, 0.1) is 5.82 Å². The zero-order valence-electron chi connectivity index (χ0n) is 9.70. The first-order valence-corrected chi connectivity index (χ1v) is 5.80. The molecule has 2 heteroatoms. The highest BCUT2D eigenvalue weighted by Gasteiger charge is 2.37. The Hall–Kier alpha value is -1.83. The van der Waals surface area contributed by atoms with E-state index in [1.165, 1.54) is 11.6 Å². The molecule has 0 aliphatic carbocycles. The molecule has 0 spiro atoms. The van der Waals surface area contributed by atoms with Crippen LogP contribution < -0.4 is 5.32 Å². The lowest BCUT2D eigenvalue weighted by atomic mass is 9.78. The van der Waals surface area contributed by atoms with Gasteiger partial charge in [-0.2, -0.15) is 0 Å². The third-order valence-electron chi connectivity index (χ3n) is 3.62. The van der Waals surface area contributed by atoms with Crippen molar-refractivity contribution >= 4 is 5.69 Å². The summed E-state index contributed by atoms with van der Waals surface area (Å²) < 4.78 is 14.0. The summed E-state index contributed by atoms with van der Waals surface area (Å²) in [6.45, 7) is 2.83. The van der Waals surface area contributed by atoms with Crippen molar-refractivity contribution in [3.05, 3.63) is 65.5 Å². The number of para-hydroxylation sites is 1. The third-order valence-corrected chi connectivity index (χ3v) is 3.62. The predicted octanol–water partition coefficient (Wildman–Crippen LogP) is 3.56. The van der Waals surface area contributed by atoms with Gasteiger partial charge in [-0.1, -0.05) is 36.4 Å². The van der Waals surface area contributed by atoms with E-state index in [0.717, 1.165) is 17.8 Å². The first-order chi connectivity index (χ1) is 8.22. The Bertz CT molecular complexity index is 564. The van der Waals surface area contributed by atoms with Crippen LogP contribution in [0.4, 0.5) is 10.1 Å². The molecule has 1 aliphatic rings. The van der Waals surface area contributed by atoms with Crippen molar-refractivity contribution in [2.24, 2.45) is 0 Å². The van der Waals surface area contributed by atoms with Gasteiger partial charge in [0.15, 0.2) is 0 Å². The zero-order chi connectivity index (χ0) is 11.9. The van der Waals surface area contributed by atoms with Gasteiger partial charge >= 0.3 is 0 Å². The molecule has 3 rings (SSSR count).